The van der Waals surface area contributed by atoms with E-state index in [1.807, 2.05) is 0 Å². The Morgan fingerprint density at radius 1 is 1.38 bits per heavy atom. The monoisotopic (exact) mass is 370 g/mol. The molecular weight excluding hydrogens is 352 g/mol. The highest BCUT2D eigenvalue weighted by molar-refractivity contribution is 8.00. The zero-order valence-electron chi connectivity index (χ0n) is 13.7. The fraction of sp³-hybridized carbons (Fsp3) is 0.357. The molecule has 0 saturated heterocycles. The summed E-state index contributed by atoms with van der Waals surface area (Å²) in [5.41, 5.74) is 0. The molecule has 0 saturated carbocycles. The van der Waals surface area contributed by atoms with Gasteiger partial charge < -0.3 is 9.84 Å². The van der Waals surface area contributed by atoms with Crippen molar-refractivity contribution in [3.8, 4) is 0 Å². The Hall–Kier alpha value is -1.91. The molecule has 24 heavy (non-hydrogen) atoms. The second-order valence-electron chi connectivity index (χ2n) is 5.19. The van der Waals surface area contributed by atoms with Crippen molar-refractivity contribution in [3.05, 3.63) is 30.2 Å². The average molecular weight is 370 g/mol. The minimum absolute atomic E-state index is 0.104. The van der Waals surface area contributed by atoms with Gasteiger partial charge in [0.05, 0.1) is 10.3 Å². The van der Waals surface area contributed by atoms with E-state index >= 15 is 0 Å². The highest BCUT2D eigenvalue weighted by atomic mass is 32.2. The Morgan fingerprint density at radius 2 is 2.08 bits per heavy atom. The van der Waals surface area contributed by atoms with Crippen LogP contribution in [0.5, 0.6) is 0 Å². The minimum atomic E-state index is -3.51. The van der Waals surface area contributed by atoms with E-state index in [1.165, 1.54) is 38.1 Å². The number of nitrogens with one attached hydrogen (secondary N) is 1. The first-order valence-corrected chi connectivity index (χ1v) is 9.31. The van der Waals surface area contributed by atoms with E-state index in [0.717, 1.165) is 4.31 Å². The van der Waals surface area contributed by atoms with E-state index in [4.69, 9.17) is 4.52 Å². The number of pyridine rings is 1. The first-order valence-electron chi connectivity index (χ1n) is 6.99. The van der Waals surface area contributed by atoms with E-state index in [0.29, 0.717) is 16.6 Å². The second-order valence-corrected chi connectivity index (χ2v) is 8.70. The number of aromatic nitrogens is 2. The van der Waals surface area contributed by atoms with Crippen molar-refractivity contribution in [2.75, 3.05) is 19.4 Å². The van der Waals surface area contributed by atoms with Gasteiger partial charge in [0.2, 0.25) is 15.9 Å². The van der Waals surface area contributed by atoms with Crippen LogP contribution >= 0.6 is 11.8 Å². The van der Waals surface area contributed by atoms with Gasteiger partial charge in [-0.25, -0.2) is 17.7 Å². The van der Waals surface area contributed by atoms with Gasteiger partial charge in [-0.15, -0.1) is 0 Å². The van der Waals surface area contributed by atoms with Crippen LogP contribution in [0.2, 0.25) is 0 Å². The molecule has 1 atom stereocenters. The Balaban J connectivity index is 2.01. The molecule has 0 aliphatic carbocycles. The summed E-state index contributed by atoms with van der Waals surface area (Å²) in [5.74, 6) is 0.704. The molecule has 1 amide bonds. The van der Waals surface area contributed by atoms with Gasteiger partial charge in [-0.05, 0) is 26.0 Å². The maximum atomic E-state index is 12.1. The van der Waals surface area contributed by atoms with Gasteiger partial charge >= 0.3 is 0 Å². The molecule has 8 nitrogen and oxygen atoms in total. The number of hydrogen-bond acceptors (Lipinski definition) is 7. The number of thioether (sulfide) groups is 1. The van der Waals surface area contributed by atoms with Crippen LogP contribution in [0.4, 0.5) is 5.82 Å². The van der Waals surface area contributed by atoms with E-state index < -0.39 is 15.3 Å². The maximum absolute atomic E-state index is 12.1. The molecule has 130 valence electrons. The quantitative estimate of drug-likeness (QED) is 0.772. The van der Waals surface area contributed by atoms with Crippen LogP contribution in [0.15, 0.2) is 38.8 Å². The summed E-state index contributed by atoms with van der Waals surface area (Å²) in [6.45, 7) is 3.45. The lowest BCUT2D eigenvalue weighted by atomic mass is 10.4. The van der Waals surface area contributed by atoms with Crippen LogP contribution in [0.1, 0.15) is 12.7 Å². The molecule has 0 spiro atoms. The van der Waals surface area contributed by atoms with Crippen molar-refractivity contribution >= 4 is 33.5 Å². The van der Waals surface area contributed by atoms with Crippen molar-refractivity contribution in [2.24, 2.45) is 0 Å². The van der Waals surface area contributed by atoms with Crippen LogP contribution in [-0.4, -0.2) is 48.1 Å². The summed E-state index contributed by atoms with van der Waals surface area (Å²) in [4.78, 5) is 16.3. The number of rotatable bonds is 6. The fourth-order valence-corrected chi connectivity index (χ4v) is 3.32. The Bertz CT molecular complexity index is 816. The summed E-state index contributed by atoms with van der Waals surface area (Å²) >= 11 is 1.22. The zero-order chi connectivity index (χ0) is 17.9. The number of sulfonamides is 1. The third-order valence-electron chi connectivity index (χ3n) is 3.03. The first kappa shape index (κ1) is 18.4. The van der Waals surface area contributed by atoms with Gasteiger partial charge in [-0.2, -0.15) is 0 Å². The SMILES string of the molecule is Cc1cc(NC(=O)C(C)Sc2ccc(S(=O)(=O)N(C)C)cn2)no1. The zero-order valence-corrected chi connectivity index (χ0v) is 15.3. The van der Waals surface area contributed by atoms with Gasteiger partial charge in [-0.1, -0.05) is 16.9 Å². The van der Waals surface area contributed by atoms with Crippen LogP contribution in [0.25, 0.3) is 0 Å². The van der Waals surface area contributed by atoms with Gasteiger partial charge in [0, 0.05) is 26.4 Å². The Morgan fingerprint density at radius 3 is 2.58 bits per heavy atom. The number of carbonyl (C=O) groups is 1. The van der Waals surface area contributed by atoms with E-state index in [-0.39, 0.29) is 10.8 Å². The lowest BCUT2D eigenvalue weighted by molar-refractivity contribution is -0.115. The molecule has 2 heterocycles. The standard InChI is InChI=1S/C14H18N4O4S2/c1-9-7-12(17-22-9)16-14(19)10(2)23-13-6-5-11(8-15-13)24(20,21)18(3)4/h5-8,10H,1-4H3,(H,16,17,19). The van der Waals surface area contributed by atoms with Crippen molar-refractivity contribution in [2.45, 2.75) is 29.0 Å². The Kier molecular flexibility index (Phi) is 5.62. The number of nitrogens with zero attached hydrogens (tertiary/aromatic N) is 3. The van der Waals surface area contributed by atoms with E-state index in [9.17, 15) is 13.2 Å². The van der Waals surface area contributed by atoms with Crippen molar-refractivity contribution in [1.29, 1.82) is 0 Å². The molecule has 10 heteroatoms. The van der Waals surface area contributed by atoms with Gasteiger partial charge in [-0.3, -0.25) is 4.79 Å². The number of aryl methyl sites for hydroxylation is 1. The molecule has 0 aliphatic heterocycles. The third kappa shape index (κ3) is 4.34. The first-order chi connectivity index (χ1) is 11.2. The molecular formula is C14H18N4O4S2. The molecule has 2 aromatic rings. The van der Waals surface area contributed by atoms with Crippen LogP contribution < -0.4 is 5.32 Å². The fourth-order valence-electron chi connectivity index (χ4n) is 1.69. The number of amides is 1. The molecule has 0 fully saturated rings. The highest BCUT2D eigenvalue weighted by Crippen LogP contribution is 2.23. The normalized spacial score (nSPS) is 13.0. The Labute approximate surface area is 144 Å². The third-order valence-corrected chi connectivity index (χ3v) is 5.88. The van der Waals surface area contributed by atoms with Gasteiger partial charge in [0.15, 0.2) is 5.82 Å². The second kappa shape index (κ2) is 7.32. The lowest BCUT2D eigenvalue weighted by Gasteiger charge is -2.12. The predicted octanol–water partition coefficient (Wildman–Crippen LogP) is 1.75. The summed E-state index contributed by atoms with van der Waals surface area (Å²) in [6.07, 6.45) is 1.28. The maximum Gasteiger partial charge on any atom is 0.244 e. The van der Waals surface area contributed by atoms with Crippen LogP contribution in [0.3, 0.4) is 0 Å². The summed E-state index contributed by atoms with van der Waals surface area (Å²) in [7, 11) is -0.604. The largest absolute Gasteiger partial charge is 0.360 e. The summed E-state index contributed by atoms with van der Waals surface area (Å²) < 4.78 is 30.0. The highest BCUT2D eigenvalue weighted by Gasteiger charge is 2.19. The molecule has 0 aliphatic rings. The smallest absolute Gasteiger partial charge is 0.244 e. The van der Waals surface area contributed by atoms with Gasteiger partial charge in [0.1, 0.15) is 10.7 Å². The lowest BCUT2D eigenvalue weighted by Crippen LogP contribution is -2.23. The molecule has 0 bridgehead atoms. The van der Waals surface area contributed by atoms with Crippen molar-refractivity contribution in [1.82, 2.24) is 14.4 Å². The van der Waals surface area contributed by atoms with Crippen molar-refractivity contribution < 1.29 is 17.7 Å². The number of anilines is 1. The number of hydrogen-bond donors (Lipinski definition) is 1. The van der Waals surface area contributed by atoms with Crippen molar-refractivity contribution in [3.63, 3.8) is 0 Å². The van der Waals surface area contributed by atoms with Gasteiger partial charge in [0.25, 0.3) is 0 Å². The minimum Gasteiger partial charge on any atom is -0.360 e. The molecule has 1 unspecified atom stereocenters. The topological polar surface area (TPSA) is 105 Å². The molecule has 1 N–H and O–H groups in total. The molecule has 0 radical (unpaired) electrons. The molecule has 2 rings (SSSR count). The van der Waals surface area contributed by atoms with Crippen LogP contribution in [-0.2, 0) is 14.8 Å². The van der Waals surface area contributed by atoms with E-state index in [2.05, 4.69) is 15.5 Å². The molecule has 0 aromatic carbocycles. The molecule has 2 aromatic heterocycles. The van der Waals surface area contributed by atoms with Crippen LogP contribution in [0, 0.1) is 6.92 Å². The summed E-state index contributed by atoms with van der Waals surface area (Å²) in [6, 6.07) is 4.66. The number of carbonyl (C=O) groups excluding carboxylic acids is 1. The summed E-state index contributed by atoms with van der Waals surface area (Å²) in [5, 5.41) is 6.44. The predicted molar refractivity (Wildman–Crippen MR) is 90.3 cm³/mol. The average Bonchev–Trinajstić information content (AvgIpc) is 2.92. The van der Waals surface area contributed by atoms with E-state index in [1.54, 1.807) is 26.0 Å².